The second-order valence-corrected chi connectivity index (χ2v) is 11.3. The highest BCUT2D eigenvalue weighted by Gasteiger charge is 2.18. The van der Waals surface area contributed by atoms with Crippen LogP contribution >= 0.6 is 0 Å². The van der Waals surface area contributed by atoms with Crippen LogP contribution in [0.1, 0.15) is 119 Å². The Morgan fingerprint density at radius 3 is 1.58 bits per heavy atom. The van der Waals surface area contributed by atoms with Gasteiger partial charge in [-0.1, -0.05) is 84.3 Å². The van der Waals surface area contributed by atoms with Gasteiger partial charge >= 0.3 is 17.9 Å². The number of hydrogen-bond donors (Lipinski definition) is 0. The smallest absolute Gasteiger partial charge is 0.308 e. The van der Waals surface area contributed by atoms with Gasteiger partial charge in [0.05, 0.1) is 0 Å². The van der Waals surface area contributed by atoms with Gasteiger partial charge in [0, 0.05) is 38.5 Å². The van der Waals surface area contributed by atoms with Gasteiger partial charge in [-0.15, -0.1) is 0 Å². The third-order valence-electron chi connectivity index (χ3n) is 6.71. The maximum atomic E-state index is 11.7. The molecular formula is C32H50O6. The SMILES string of the molecule is CC(=O)Oc1cc(OC(C)=O)c(CC=C(C)CCCC(C)CCCC(C)CCCC(C)C)c(OC(C)=O)c1. The summed E-state index contributed by atoms with van der Waals surface area (Å²) in [4.78, 5) is 34.8. The van der Waals surface area contributed by atoms with Gasteiger partial charge in [-0.25, -0.2) is 0 Å². The summed E-state index contributed by atoms with van der Waals surface area (Å²) in [5.74, 6) is 1.36. The predicted molar refractivity (Wildman–Crippen MR) is 153 cm³/mol. The minimum absolute atomic E-state index is 0.147. The van der Waals surface area contributed by atoms with Crippen LogP contribution in [0.5, 0.6) is 17.2 Å². The van der Waals surface area contributed by atoms with Crippen LogP contribution in [0.2, 0.25) is 0 Å². The molecular weight excluding hydrogens is 480 g/mol. The van der Waals surface area contributed by atoms with Crippen molar-refractivity contribution in [1.29, 1.82) is 0 Å². The molecule has 0 N–H and O–H groups in total. The zero-order valence-electron chi connectivity index (χ0n) is 25.0. The highest BCUT2D eigenvalue weighted by molar-refractivity contribution is 5.75. The van der Waals surface area contributed by atoms with Gasteiger partial charge in [-0.05, 0) is 43.9 Å². The van der Waals surface area contributed by atoms with Crippen LogP contribution < -0.4 is 14.2 Å². The van der Waals surface area contributed by atoms with E-state index in [0.29, 0.717) is 17.9 Å². The van der Waals surface area contributed by atoms with Gasteiger partial charge in [0.2, 0.25) is 0 Å². The Morgan fingerprint density at radius 2 is 1.13 bits per heavy atom. The molecule has 0 aliphatic heterocycles. The summed E-state index contributed by atoms with van der Waals surface area (Å²) in [5.41, 5.74) is 1.78. The Morgan fingerprint density at radius 1 is 0.684 bits per heavy atom. The summed E-state index contributed by atoms with van der Waals surface area (Å²) in [7, 11) is 0. The Bertz CT molecular complexity index is 893. The number of carbonyl (C=O) groups excluding carboxylic acids is 3. The number of hydrogen-bond acceptors (Lipinski definition) is 6. The first-order valence-electron chi connectivity index (χ1n) is 14.2. The summed E-state index contributed by atoms with van der Waals surface area (Å²) < 4.78 is 15.9. The fourth-order valence-corrected chi connectivity index (χ4v) is 4.60. The van der Waals surface area contributed by atoms with Crippen molar-refractivity contribution in [2.45, 2.75) is 120 Å². The topological polar surface area (TPSA) is 78.9 Å². The van der Waals surface area contributed by atoms with Crippen LogP contribution in [0.15, 0.2) is 23.8 Å². The van der Waals surface area contributed by atoms with Crippen molar-refractivity contribution >= 4 is 17.9 Å². The second-order valence-electron chi connectivity index (χ2n) is 11.3. The maximum Gasteiger partial charge on any atom is 0.308 e. The van der Waals surface area contributed by atoms with E-state index in [-0.39, 0.29) is 17.2 Å². The molecule has 0 spiro atoms. The molecule has 6 nitrogen and oxygen atoms in total. The quantitative estimate of drug-likeness (QED) is 0.114. The molecule has 2 unspecified atom stereocenters. The minimum Gasteiger partial charge on any atom is -0.426 e. The van der Waals surface area contributed by atoms with Crippen LogP contribution in [-0.4, -0.2) is 17.9 Å². The fourth-order valence-electron chi connectivity index (χ4n) is 4.60. The third kappa shape index (κ3) is 14.9. The van der Waals surface area contributed by atoms with Crippen LogP contribution in [0.25, 0.3) is 0 Å². The summed E-state index contributed by atoms with van der Waals surface area (Å²) in [5, 5.41) is 0. The highest BCUT2D eigenvalue weighted by atomic mass is 16.6. The van der Waals surface area contributed by atoms with E-state index in [4.69, 9.17) is 14.2 Å². The van der Waals surface area contributed by atoms with Gasteiger partial charge in [-0.3, -0.25) is 14.4 Å². The van der Waals surface area contributed by atoms with Gasteiger partial charge < -0.3 is 14.2 Å². The fraction of sp³-hybridized carbons (Fsp3) is 0.656. The molecule has 0 aliphatic carbocycles. The molecule has 0 fully saturated rings. The highest BCUT2D eigenvalue weighted by Crippen LogP contribution is 2.36. The molecule has 0 saturated heterocycles. The lowest BCUT2D eigenvalue weighted by Crippen LogP contribution is -2.10. The Kier molecular flexibility index (Phi) is 15.6. The van der Waals surface area contributed by atoms with E-state index in [9.17, 15) is 14.4 Å². The summed E-state index contributed by atoms with van der Waals surface area (Å²) >= 11 is 0. The molecule has 0 saturated carbocycles. The van der Waals surface area contributed by atoms with Crippen LogP contribution in [-0.2, 0) is 20.8 Å². The second kappa shape index (κ2) is 17.8. The van der Waals surface area contributed by atoms with Gasteiger partial charge in [-0.2, -0.15) is 0 Å². The first kappa shape index (κ1) is 33.4. The molecule has 0 aliphatic rings. The van der Waals surface area contributed by atoms with Crippen LogP contribution in [0, 0.1) is 17.8 Å². The van der Waals surface area contributed by atoms with Crippen molar-refractivity contribution in [1.82, 2.24) is 0 Å². The lowest BCUT2D eigenvalue weighted by molar-refractivity contribution is -0.132. The normalized spacial score (nSPS) is 13.2. The number of allylic oxidation sites excluding steroid dienone is 2. The molecule has 1 rings (SSSR count). The summed E-state index contributed by atoms with van der Waals surface area (Å²) in [6, 6.07) is 2.95. The third-order valence-corrected chi connectivity index (χ3v) is 6.71. The monoisotopic (exact) mass is 530 g/mol. The molecule has 0 heterocycles. The van der Waals surface area contributed by atoms with E-state index >= 15 is 0 Å². The lowest BCUT2D eigenvalue weighted by Gasteiger charge is -2.16. The molecule has 2 atom stereocenters. The Balaban J connectivity index is 2.68. The predicted octanol–water partition coefficient (Wildman–Crippen LogP) is 8.39. The molecule has 0 amide bonds. The van der Waals surface area contributed by atoms with Crippen molar-refractivity contribution in [3.63, 3.8) is 0 Å². The van der Waals surface area contributed by atoms with E-state index in [0.717, 1.165) is 24.7 Å². The van der Waals surface area contributed by atoms with Crippen LogP contribution in [0.4, 0.5) is 0 Å². The molecule has 1 aromatic carbocycles. The number of rotatable bonds is 17. The first-order chi connectivity index (χ1) is 17.9. The molecule has 0 aromatic heterocycles. The van der Waals surface area contributed by atoms with Crippen molar-refractivity contribution in [2.24, 2.45) is 17.8 Å². The largest absolute Gasteiger partial charge is 0.426 e. The number of ether oxygens (including phenoxy) is 3. The van der Waals surface area contributed by atoms with Gasteiger partial charge in [0.25, 0.3) is 0 Å². The molecule has 6 heteroatoms. The summed E-state index contributed by atoms with van der Waals surface area (Å²) in [6.45, 7) is 15.3. The van der Waals surface area contributed by atoms with E-state index in [2.05, 4.69) is 40.7 Å². The number of benzene rings is 1. The molecule has 214 valence electrons. The van der Waals surface area contributed by atoms with Crippen molar-refractivity contribution in [2.75, 3.05) is 0 Å². The zero-order valence-corrected chi connectivity index (χ0v) is 25.0. The molecule has 0 bridgehead atoms. The average Bonchev–Trinajstić information content (AvgIpc) is 2.77. The number of esters is 3. The van der Waals surface area contributed by atoms with Crippen LogP contribution in [0.3, 0.4) is 0 Å². The Labute approximate surface area is 230 Å². The minimum atomic E-state index is -0.526. The number of carbonyl (C=O) groups is 3. The van der Waals surface area contributed by atoms with Gasteiger partial charge in [0.1, 0.15) is 17.2 Å². The van der Waals surface area contributed by atoms with Crippen molar-refractivity contribution < 1.29 is 28.6 Å². The van der Waals surface area contributed by atoms with Gasteiger partial charge in [0.15, 0.2) is 0 Å². The maximum absolute atomic E-state index is 11.7. The Hall–Kier alpha value is -2.63. The summed E-state index contributed by atoms with van der Waals surface area (Å²) in [6.07, 6.45) is 13.7. The van der Waals surface area contributed by atoms with E-state index in [1.54, 1.807) is 0 Å². The average molecular weight is 531 g/mol. The van der Waals surface area contributed by atoms with E-state index in [1.165, 1.54) is 83.4 Å². The standard InChI is InChI=1S/C32H50O6/c1-22(2)12-9-13-23(3)14-10-15-24(4)16-11-17-25(5)18-19-30-31(37-27(7)34)20-29(36-26(6)33)21-32(30)38-28(8)35/h18,20-24H,9-17,19H2,1-8H3. The lowest BCUT2D eigenvalue weighted by atomic mass is 9.91. The zero-order chi connectivity index (χ0) is 28.7. The van der Waals surface area contributed by atoms with Crippen molar-refractivity contribution in [3.8, 4) is 17.2 Å². The molecule has 38 heavy (non-hydrogen) atoms. The molecule has 1 aromatic rings. The molecule has 0 radical (unpaired) electrons. The van der Waals surface area contributed by atoms with E-state index < -0.39 is 17.9 Å². The van der Waals surface area contributed by atoms with Crippen molar-refractivity contribution in [3.05, 3.63) is 29.3 Å². The first-order valence-corrected chi connectivity index (χ1v) is 14.2. The van der Waals surface area contributed by atoms with E-state index in [1.807, 2.05) is 0 Å².